The number of fused-ring (bicyclic) bond motifs is 1. The molecule has 0 aliphatic carbocycles. The van der Waals surface area contributed by atoms with Gasteiger partial charge < -0.3 is 13.9 Å². The molecule has 0 fully saturated rings. The number of hydrogen-bond donors (Lipinski definition) is 0. The molecule has 0 radical (unpaired) electrons. The van der Waals surface area contributed by atoms with Crippen molar-refractivity contribution in [1.82, 2.24) is 19.3 Å². The van der Waals surface area contributed by atoms with Crippen molar-refractivity contribution in [2.24, 2.45) is 7.05 Å². The molecular weight excluding hydrogens is 380 g/mol. The molecule has 5 nitrogen and oxygen atoms in total. The van der Waals surface area contributed by atoms with Gasteiger partial charge in [-0.25, -0.2) is 0 Å². The number of nitrogens with zero attached hydrogens (tertiary/aromatic N) is 4. The predicted octanol–water partition coefficient (Wildman–Crippen LogP) is 5.24. The molecule has 2 aromatic carbocycles. The van der Waals surface area contributed by atoms with Crippen molar-refractivity contribution in [2.75, 3.05) is 12.4 Å². The van der Waals surface area contributed by atoms with Crippen molar-refractivity contribution in [2.45, 2.75) is 32.5 Å². The van der Waals surface area contributed by atoms with Crippen LogP contribution in [0.2, 0.25) is 0 Å². The largest absolute Gasteiger partial charge is 0.492 e. The van der Waals surface area contributed by atoms with E-state index in [0.29, 0.717) is 6.61 Å². The number of benzene rings is 2. The highest BCUT2D eigenvalue weighted by Crippen LogP contribution is 2.31. The van der Waals surface area contributed by atoms with Crippen LogP contribution in [0.1, 0.15) is 18.1 Å². The van der Waals surface area contributed by atoms with E-state index in [2.05, 4.69) is 88.8 Å². The van der Waals surface area contributed by atoms with Crippen molar-refractivity contribution < 1.29 is 4.74 Å². The smallest absolute Gasteiger partial charge is 0.191 e. The molecule has 4 rings (SSSR count). The van der Waals surface area contributed by atoms with Crippen molar-refractivity contribution >= 4 is 22.7 Å². The quantitative estimate of drug-likeness (QED) is 0.311. The number of rotatable bonds is 7. The lowest BCUT2D eigenvalue weighted by molar-refractivity contribution is 0.341. The van der Waals surface area contributed by atoms with Crippen LogP contribution in [0.25, 0.3) is 22.3 Å². The maximum Gasteiger partial charge on any atom is 0.191 e. The number of thioether (sulfide) groups is 1. The van der Waals surface area contributed by atoms with Gasteiger partial charge in [0, 0.05) is 42.0 Å². The fraction of sp³-hybridized carbons (Fsp3) is 0.304. The normalized spacial score (nSPS) is 11.3. The van der Waals surface area contributed by atoms with E-state index >= 15 is 0 Å². The van der Waals surface area contributed by atoms with Gasteiger partial charge in [0.05, 0.1) is 6.61 Å². The van der Waals surface area contributed by atoms with Crippen LogP contribution in [0.3, 0.4) is 0 Å². The highest BCUT2D eigenvalue weighted by molar-refractivity contribution is 7.99. The first-order valence-corrected chi connectivity index (χ1v) is 10.9. The Kier molecular flexibility index (Phi) is 5.62. The molecule has 29 heavy (non-hydrogen) atoms. The highest BCUT2D eigenvalue weighted by atomic mass is 32.2. The third kappa shape index (κ3) is 3.90. The topological polar surface area (TPSA) is 44.9 Å². The summed E-state index contributed by atoms with van der Waals surface area (Å²) >= 11 is 1.67. The molecule has 0 spiro atoms. The molecule has 150 valence electrons. The van der Waals surface area contributed by atoms with Crippen LogP contribution in [0.4, 0.5) is 0 Å². The summed E-state index contributed by atoms with van der Waals surface area (Å²) in [5.74, 6) is 2.67. The molecular formula is C23H26N4OS. The van der Waals surface area contributed by atoms with E-state index in [4.69, 9.17) is 4.74 Å². The standard InChI is InChI=1S/C23H26N4OS/c1-5-27-15-19(18-8-6-7-9-20(18)27)22-24-25-23(26(22)4)29-13-12-28-21-14-16(2)10-11-17(21)3/h6-11,14-15H,5,12-13H2,1-4H3. The Labute approximate surface area is 175 Å². The van der Waals surface area contributed by atoms with Crippen molar-refractivity contribution in [3.8, 4) is 17.1 Å². The van der Waals surface area contributed by atoms with E-state index in [1.807, 2.05) is 7.05 Å². The van der Waals surface area contributed by atoms with Gasteiger partial charge in [0.25, 0.3) is 0 Å². The fourth-order valence-electron chi connectivity index (χ4n) is 3.51. The summed E-state index contributed by atoms with van der Waals surface area (Å²) in [6, 6.07) is 14.7. The SMILES string of the molecule is CCn1cc(-c2nnc(SCCOc3cc(C)ccc3C)n2C)c2ccccc21. The number of hydrogen-bond acceptors (Lipinski definition) is 4. The number of para-hydroxylation sites is 1. The molecule has 0 unspecified atom stereocenters. The average Bonchev–Trinajstić information content (AvgIpc) is 3.28. The van der Waals surface area contributed by atoms with E-state index in [9.17, 15) is 0 Å². The number of aromatic nitrogens is 4. The van der Waals surface area contributed by atoms with Gasteiger partial charge in [0.1, 0.15) is 5.75 Å². The molecule has 2 aromatic heterocycles. The molecule has 4 aromatic rings. The molecule has 0 bridgehead atoms. The summed E-state index contributed by atoms with van der Waals surface area (Å²) in [4.78, 5) is 0. The lowest BCUT2D eigenvalue weighted by Crippen LogP contribution is -2.03. The van der Waals surface area contributed by atoms with Crippen molar-refractivity contribution in [3.63, 3.8) is 0 Å². The third-order valence-electron chi connectivity index (χ3n) is 5.12. The lowest BCUT2D eigenvalue weighted by atomic mass is 10.1. The van der Waals surface area contributed by atoms with Crippen LogP contribution in [0.5, 0.6) is 5.75 Å². The van der Waals surface area contributed by atoms with Gasteiger partial charge in [0.15, 0.2) is 11.0 Å². The number of aryl methyl sites for hydroxylation is 3. The van der Waals surface area contributed by atoms with Crippen molar-refractivity contribution in [3.05, 3.63) is 59.8 Å². The minimum absolute atomic E-state index is 0.631. The minimum Gasteiger partial charge on any atom is -0.492 e. The summed E-state index contributed by atoms with van der Waals surface area (Å²) in [7, 11) is 2.03. The molecule has 0 atom stereocenters. The Morgan fingerprint density at radius 3 is 2.72 bits per heavy atom. The molecule has 0 amide bonds. The first kappa shape index (κ1) is 19.6. The molecule has 2 heterocycles. The van der Waals surface area contributed by atoms with Gasteiger partial charge in [-0.1, -0.05) is 42.1 Å². The van der Waals surface area contributed by atoms with Gasteiger partial charge in [-0.3, -0.25) is 0 Å². The van der Waals surface area contributed by atoms with E-state index in [1.54, 1.807) is 11.8 Å². The Bertz CT molecular complexity index is 1150. The molecule has 0 saturated carbocycles. The Balaban J connectivity index is 1.47. The Morgan fingerprint density at radius 1 is 1.07 bits per heavy atom. The Hall–Kier alpha value is -2.73. The maximum absolute atomic E-state index is 5.96. The summed E-state index contributed by atoms with van der Waals surface area (Å²) in [6.07, 6.45) is 2.17. The predicted molar refractivity (Wildman–Crippen MR) is 120 cm³/mol. The van der Waals surface area contributed by atoms with E-state index in [-0.39, 0.29) is 0 Å². The molecule has 6 heteroatoms. The summed E-state index contributed by atoms with van der Waals surface area (Å²) in [5.41, 5.74) is 4.72. The van der Waals surface area contributed by atoms with Crippen LogP contribution < -0.4 is 4.74 Å². The van der Waals surface area contributed by atoms with Crippen LogP contribution in [0.15, 0.2) is 53.8 Å². The van der Waals surface area contributed by atoms with E-state index < -0.39 is 0 Å². The summed E-state index contributed by atoms with van der Waals surface area (Å²) in [5, 5.41) is 11.0. The van der Waals surface area contributed by atoms with Crippen LogP contribution in [-0.4, -0.2) is 31.7 Å². The Morgan fingerprint density at radius 2 is 1.90 bits per heavy atom. The second kappa shape index (κ2) is 8.33. The number of ether oxygens (including phenoxy) is 1. The second-order valence-corrected chi connectivity index (χ2v) is 8.24. The summed E-state index contributed by atoms with van der Waals surface area (Å²) < 4.78 is 10.3. The average molecular weight is 407 g/mol. The van der Waals surface area contributed by atoms with Gasteiger partial charge in [-0.05, 0) is 44.0 Å². The van der Waals surface area contributed by atoms with E-state index in [1.165, 1.54) is 16.5 Å². The zero-order valence-electron chi connectivity index (χ0n) is 17.3. The first-order valence-electron chi connectivity index (χ1n) is 9.89. The van der Waals surface area contributed by atoms with Gasteiger partial charge in [0.2, 0.25) is 0 Å². The zero-order valence-corrected chi connectivity index (χ0v) is 18.2. The molecule has 0 saturated heterocycles. The molecule has 0 aliphatic rings. The van der Waals surface area contributed by atoms with Crippen LogP contribution in [-0.2, 0) is 13.6 Å². The first-order chi connectivity index (χ1) is 14.1. The highest BCUT2D eigenvalue weighted by Gasteiger charge is 2.16. The third-order valence-corrected chi connectivity index (χ3v) is 6.11. The van der Waals surface area contributed by atoms with Crippen LogP contribution in [0, 0.1) is 13.8 Å². The summed E-state index contributed by atoms with van der Waals surface area (Å²) in [6.45, 7) is 7.87. The lowest BCUT2D eigenvalue weighted by Gasteiger charge is -2.09. The van der Waals surface area contributed by atoms with E-state index in [0.717, 1.165) is 40.2 Å². The van der Waals surface area contributed by atoms with Gasteiger partial charge in [-0.2, -0.15) is 0 Å². The van der Waals surface area contributed by atoms with Gasteiger partial charge in [-0.15, -0.1) is 10.2 Å². The van der Waals surface area contributed by atoms with Crippen molar-refractivity contribution in [1.29, 1.82) is 0 Å². The maximum atomic E-state index is 5.96. The second-order valence-electron chi connectivity index (χ2n) is 7.18. The van der Waals surface area contributed by atoms with Gasteiger partial charge >= 0.3 is 0 Å². The molecule has 0 aliphatic heterocycles. The molecule has 0 N–H and O–H groups in total. The zero-order chi connectivity index (χ0) is 20.4. The van der Waals surface area contributed by atoms with Crippen LogP contribution >= 0.6 is 11.8 Å². The fourth-order valence-corrected chi connectivity index (χ4v) is 4.24. The monoisotopic (exact) mass is 406 g/mol. The minimum atomic E-state index is 0.631.